The first-order valence-electron chi connectivity index (χ1n) is 4.94. The summed E-state index contributed by atoms with van der Waals surface area (Å²) in [5.74, 6) is -0.0524. The van der Waals surface area contributed by atoms with Crippen molar-refractivity contribution in [2.45, 2.75) is 13.0 Å². The fraction of sp³-hybridized carbons (Fsp3) is 0.364. The first-order chi connectivity index (χ1) is 7.16. The van der Waals surface area contributed by atoms with Crippen LogP contribution in [0.2, 0.25) is 5.02 Å². The largest absolute Gasteiger partial charge is 0.347 e. The summed E-state index contributed by atoms with van der Waals surface area (Å²) in [5, 5.41) is 6.65. The minimum atomic E-state index is -0.0524. The molecule has 0 aromatic heterocycles. The molecule has 0 aliphatic carbocycles. The highest BCUT2D eigenvalue weighted by atomic mass is 35.5. The highest BCUT2D eigenvalue weighted by Crippen LogP contribution is 2.16. The van der Waals surface area contributed by atoms with E-state index in [4.69, 9.17) is 11.6 Å². The van der Waals surface area contributed by atoms with Gasteiger partial charge in [0.25, 0.3) is 5.91 Å². The molecule has 1 fully saturated rings. The SMILES string of the molecule is Cc1ccc(C(=O)NC2CNC2)cc1Cl. The smallest absolute Gasteiger partial charge is 0.251 e. The van der Waals surface area contributed by atoms with Gasteiger partial charge in [-0.05, 0) is 24.6 Å². The summed E-state index contributed by atoms with van der Waals surface area (Å²) in [6.45, 7) is 3.62. The number of halogens is 1. The van der Waals surface area contributed by atoms with Gasteiger partial charge < -0.3 is 10.6 Å². The second kappa shape index (κ2) is 4.21. The summed E-state index contributed by atoms with van der Waals surface area (Å²) in [6, 6.07) is 5.62. The second-order valence-electron chi connectivity index (χ2n) is 3.79. The Morgan fingerprint density at radius 2 is 2.27 bits per heavy atom. The molecule has 0 unspecified atom stereocenters. The molecular weight excluding hydrogens is 212 g/mol. The third-order valence-electron chi connectivity index (χ3n) is 2.55. The van der Waals surface area contributed by atoms with Gasteiger partial charge in [-0.25, -0.2) is 0 Å². The maximum Gasteiger partial charge on any atom is 0.251 e. The predicted molar refractivity (Wildman–Crippen MR) is 60.3 cm³/mol. The lowest BCUT2D eigenvalue weighted by atomic mass is 10.1. The number of amides is 1. The minimum absolute atomic E-state index is 0.0524. The van der Waals surface area contributed by atoms with Crippen LogP contribution in [0, 0.1) is 6.92 Å². The van der Waals surface area contributed by atoms with Crippen molar-refractivity contribution in [1.82, 2.24) is 10.6 Å². The number of hydrogen-bond donors (Lipinski definition) is 2. The third kappa shape index (κ3) is 2.30. The second-order valence-corrected chi connectivity index (χ2v) is 4.20. The van der Waals surface area contributed by atoms with E-state index in [1.165, 1.54) is 0 Å². The summed E-state index contributed by atoms with van der Waals surface area (Å²) in [4.78, 5) is 11.7. The Morgan fingerprint density at radius 3 is 2.80 bits per heavy atom. The zero-order chi connectivity index (χ0) is 10.8. The van der Waals surface area contributed by atoms with Crippen LogP contribution in [-0.2, 0) is 0 Å². The zero-order valence-electron chi connectivity index (χ0n) is 8.51. The number of carbonyl (C=O) groups is 1. The first kappa shape index (κ1) is 10.5. The molecule has 0 bridgehead atoms. The molecule has 80 valence electrons. The van der Waals surface area contributed by atoms with Crippen molar-refractivity contribution in [1.29, 1.82) is 0 Å². The monoisotopic (exact) mass is 224 g/mol. The van der Waals surface area contributed by atoms with Gasteiger partial charge in [0.15, 0.2) is 0 Å². The van der Waals surface area contributed by atoms with Gasteiger partial charge in [-0.1, -0.05) is 17.7 Å². The summed E-state index contributed by atoms with van der Waals surface area (Å²) < 4.78 is 0. The molecule has 0 spiro atoms. The molecule has 2 rings (SSSR count). The van der Waals surface area contributed by atoms with E-state index in [-0.39, 0.29) is 11.9 Å². The van der Waals surface area contributed by atoms with Crippen molar-refractivity contribution < 1.29 is 4.79 Å². The van der Waals surface area contributed by atoms with Crippen LogP contribution in [0.4, 0.5) is 0 Å². The van der Waals surface area contributed by atoms with Crippen LogP contribution in [0.15, 0.2) is 18.2 Å². The Kier molecular flexibility index (Phi) is 2.93. The zero-order valence-corrected chi connectivity index (χ0v) is 9.27. The molecule has 1 saturated heterocycles. The first-order valence-corrected chi connectivity index (χ1v) is 5.32. The number of nitrogens with one attached hydrogen (secondary N) is 2. The van der Waals surface area contributed by atoms with Crippen molar-refractivity contribution in [2.24, 2.45) is 0 Å². The Morgan fingerprint density at radius 1 is 1.53 bits per heavy atom. The van der Waals surface area contributed by atoms with Crippen molar-refractivity contribution in [3.63, 3.8) is 0 Å². The minimum Gasteiger partial charge on any atom is -0.347 e. The normalized spacial score (nSPS) is 15.9. The fourth-order valence-electron chi connectivity index (χ4n) is 1.39. The van der Waals surface area contributed by atoms with E-state index in [1.54, 1.807) is 12.1 Å². The van der Waals surface area contributed by atoms with E-state index in [9.17, 15) is 4.79 Å². The molecule has 0 atom stereocenters. The average molecular weight is 225 g/mol. The molecule has 1 amide bonds. The van der Waals surface area contributed by atoms with Crippen LogP contribution in [0.25, 0.3) is 0 Å². The van der Waals surface area contributed by atoms with Gasteiger partial charge in [0.05, 0.1) is 6.04 Å². The Hall–Kier alpha value is -1.06. The van der Waals surface area contributed by atoms with E-state index in [2.05, 4.69) is 10.6 Å². The summed E-state index contributed by atoms with van der Waals surface area (Å²) in [6.07, 6.45) is 0. The molecule has 1 heterocycles. The van der Waals surface area contributed by atoms with Gasteiger partial charge in [0.1, 0.15) is 0 Å². The Labute approximate surface area is 93.8 Å². The van der Waals surface area contributed by atoms with Crippen molar-refractivity contribution in [2.75, 3.05) is 13.1 Å². The van der Waals surface area contributed by atoms with Crippen LogP contribution < -0.4 is 10.6 Å². The van der Waals surface area contributed by atoms with E-state index < -0.39 is 0 Å². The van der Waals surface area contributed by atoms with E-state index >= 15 is 0 Å². The molecule has 1 aliphatic rings. The maximum atomic E-state index is 11.7. The molecule has 1 aromatic rings. The number of rotatable bonds is 2. The van der Waals surface area contributed by atoms with Gasteiger partial charge in [-0.3, -0.25) is 4.79 Å². The number of carbonyl (C=O) groups excluding carboxylic acids is 1. The highest BCUT2D eigenvalue weighted by Gasteiger charge is 2.19. The van der Waals surface area contributed by atoms with E-state index in [0.29, 0.717) is 10.6 Å². The van der Waals surface area contributed by atoms with Crippen LogP contribution in [0.1, 0.15) is 15.9 Å². The Bertz CT molecular complexity index is 388. The van der Waals surface area contributed by atoms with Crippen molar-refractivity contribution in [3.05, 3.63) is 34.3 Å². The number of aryl methyl sites for hydroxylation is 1. The van der Waals surface area contributed by atoms with Crippen LogP contribution in [0.3, 0.4) is 0 Å². The van der Waals surface area contributed by atoms with Gasteiger partial charge in [0, 0.05) is 23.7 Å². The molecule has 15 heavy (non-hydrogen) atoms. The molecule has 1 aliphatic heterocycles. The summed E-state index contributed by atoms with van der Waals surface area (Å²) in [5.41, 5.74) is 1.61. The fourth-order valence-corrected chi connectivity index (χ4v) is 1.57. The lowest BCUT2D eigenvalue weighted by molar-refractivity contribution is 0.0924. The van der Waals surface area contributed by atoms with Gasteiger partial charge >= 0.3 is 0 Å². The van der Waals surface area contributed by atoms with Crippen LogP contribution in [0.5, 0.6) is 0 Å². The summed E-state index contributed by atoms with van der Waals surface area (Å²) >= 11 is 5.95. The molecule has 3 nitrogen and oxygen atoms in total. The Balaban J connectivity index is 2.07. The van der Waals surface area contributed by atoms with Crippen LogP contribution >= 0.6 is 11.6 Å². The highest BCUT2D eigenvalue weighted by molar-refractivity contribution is 6.31. The quantitative estimate of drug-likeness (QED) is 0.796. The van der Waals surface area contributed by atoms with Gasteiger partial charge in [-0.2, -0.15) is 0 Å². The van der Waals surface area contributed by atoms with E-state index in [0.717, 1.165) is 18.7 Å². The third-order valence-corrected chi connectivity index (χ3v) is 2.96. The maximum absolute atomic E-state index is 11.7. The van der Waals surface area contributed by atoms with Gasteiger partial charge in [0.2, 0.25) is 0 Å². The predicted octanol–water partition coefficient (Wildman–Crippen LogP) is 1.35. The summed E-state index contributed by atoms with van der Waals surface area (Å²) in [7, 11) is 0. The molecule has 4 heteroatoms. The standard InChI is InChI=1S/C11H13ClN2O/c1-7-2-3-8(4-10(7)12)11(15)14-9-5-13-6-9/h2-4,9,13H,5-6H2,1H3,(H,14,15). The van der Waals surface area contributed by atoms with Crippen molar-refractivity contribution >= 4 is 17.5 Å². The van der Waals surface area contributed by atoms with Crippen LogP contribution in [-0.4, -0.2) is 25.0 Å². The average Bonchev–Trinajstić information content (AvgIpc) is 2.15. The van der Waals surface area contributed by atoms with Gasteiger partial charge in [-0.15, -0.1) is 0 Å². The molecule has 0 saturated carbocycles. The molecule has 0 radical (unpaired) electrons. The molecule has 1 aromatic carbocycles. The van der Waals surface area contributed by atoms with Crippen molar-refractivity contribution in [3.8, 4) is 0 Å². The lowest BCUT2D eigenvalue weighted by Crippen LogP contribution is -2.56. The molecule has 2 N–H and O–H groups in total. The number of benzene rings is 1. The van der Waals surface area contributed by atoms with E-state index in [1.807, 2.05) is 13.0 Å². The number of hydrogen-bond acceptors (Lipinski definition) is 2. The lowest BCUT2D eigenvalue weighted by Gasteiger charge is -2.27. The topological polar surface area (TPSA) is 41.1 Å². The molecular formula is C11H13ClN2O.